The number of anilines is 2. The first-order valence-electron chi connectivity index (χ1n) is 5.97. The Labute approximate surface area is 119 Å². The number of carbonyl (C=O) groups is 1. The van der Waals surface area contributed by atoms with E-state index in [-0.39, 0.29) is 26.3 Å². The summed E-state index contributed by atoms with van der Waals surface area (Å²) in [6.45, 7) is 0.635. The van der Waals surface area contributed by atoms with Crippen molar-refractivity contribution in [2.75, 3.05) is 36.5 Å². The quantitative estimate of drug-likeness (QED) is 0.810. The van der Waals surface area contributed by atoms with Crippen LogP contribution < -0.4 is 10.2 Å². The second-order valence-corrected chi connectivity index (χ2v) is 4.35. The zero-order valence-corrected chi connectivity index (χ0v) is 10.8. The molecular weight excluding hydrogens is 322 g/mol. The first-order chi connectivity index (χ1) is 10.1. The van der Waals surface area contributed by atoms with Crippen LogP contribution in [0.1, 0.15) is 5.69 Å². The summed E-state index contributed by atoms with van der Waals surface area (Å²) in [7, 11) is 0. The molecule has 1 saturated heterocycles. The van der Waals surface area contributed by atoms with Crippen molar-refractivity contribution >= 4 is 17.4 Å². The number of amides is 1. The molecule has 1 fully saturated rings. The third-order valence-corrected chi connectivity index (χ3v) is 2.84. The van der Waals surface area contributed by atoms with Crippen molar-refractivity contribution in [3.8, 4) is 0 Å². The number of nitrogens with one attached hydrogen (secondary N) is 2. The Morgan fingerprint density at radius 2 is 1.77 bits per heavy atom. The maximum Gasteiger partial charge on any atom is 0.471 e. The van der Waals surface area contributed by atoms with Crippen LogP contribution in [0.3, 0.4) is 0 Å². The molecule has 2 N–H and O–H groups in total. The van der Waals surface area contributed by atoms with Crippen molar-refractivity contribution < 1.29 is 35.9 Å². The van der Waals surface area contributed by atoms with Gasteiger partial charge < -0.3 is 15.0 Å². The summed E-state index contributed by atoms with van der Waals surface area (Å²) >= 11 is 0. The van der Waals surface area contributed by atoms with Crippen molar-refractivity contribution in [2.24, 2.45) is 0 Å². The number of ether oxygens (including phenoxy) is 1. The monoisotopic (exact) mass is 332 g/mol. The van der Waals surface area contributed by atoms with Crippen molar-refractivity contribution in [2.45, 2.75) is 12.4 Å². The Morgan fingerprint density at radius 1 is 1.18 bits per heavy atom. The average molecular weight is 332 g/mol. The van der Waals surface area contributed by atoms with Gasteiger partial charge in [0.1, 0.15) is 5.69 Å². The summed E-state index contributed by atoms with van der Waals surface area (Å²) in [6.07, 6.45) is -10.3. The fourth-order valence-corrected chi connectivity index (χ4v) is 1.84. The fourth-order valence-electron chi connectivity index (χ4n) is 1.84. The molecule has 0 atom stereocenters. The number of carbonyl (C=O) groups excluding carboxylic acids is 1. The fraction of sp³-hybridized carbons (Fsp3) is 0.600. The minimum Gasteiger partial charge on any atom is -0.378 e. The predicted molar refractivity (Wildman–Crippen MR) is 61.3 cm³/mol. The first-order valence-corrected chi connectivity index (χ1v) is 5.97. The molecule has 0 aromatic carbocycles. The molecule has 0 unspecified atom stereocenters. The van der Waals surface area contributed by atoms with E-state index in [1.165, 1.54) is 10.2 Å². The zero-order valence-electron chi connectivity index (χ0n) is 10.8. The standard InChI is InChI=1S/C10H10F6N4O2/c11-9(12,13)6-5(17-8(21)10(14,15)16)7(19-18-6)20-1-3-22-4-2-20/h1-4H2,(H,17,21)(H,18,19). The summed E-state index contributed by atoms with van der Waals surface area (Å²) in [4.78, 5) is 12.3. The number of aromatic amines is 1. The Balaban J connectivity index is 2.38. The van der Waals surface area contributed by atoms with Gasteiger partial charge in [-0.3, -0.25) is 9.89 Å². The molecule has 1 aromatic rings. The van der Waals surface area contributed by atoms with Crippen molar-refractivity contribution in [3.05, 3.63) is 5.69 Å². The maximum absolute atomic E-state index is 12.8. The van der Waals surface area contributed by atoms with Gasteiger partial charge >= 0.3 is 18.3 Å². The molecule has 0 saturated carbocycles. The molecule has 22 heavy (non-hydrogen) atoms. The number of hydrogen-bond donors (Lipinski definition) is 2. The third kappa shape index (κ3) is 3.43. The highest BCUT2D eigenvalue weighted by Gasteiger charge is 2.44. The molecule has 2 heterocycles. The zero-order chi connectivity index (χ0) is 16.5. The third-order valence-electron chi connectivity index (χ3n) is 2.84. The molecule has 1 amide bonds. The van der Waals surface area contributed by atoms with Gasteiger partial charge in [0.2, 0.25) is 0 Å². The summed E-state index contributed by atoms with van der Waals surface area (Å²) in [6, 6.07) is 0. The van der Waals surface area contributed by atoms with Gasteiger partial charge in [0.25, 0.3) is 0 Å². The topological polar surface area (TPSA) is 70.2 Å². The lowest BCUT2D eigenvalue weighted by Crippen LogP contribution is -2.38. The molecule has 0 aliphatic carbocycles. The van der Waals surface area contributed by atoms with Crippen molar-refractivity contribution in [1.29, 1.82) is 0 Å². The van der Waals surface area contributed by atoms with Crippen LogP contribution in [-0.4, -0.2) is 48.6 Å². The number of morpholine rings is 1. The van der Waals surface area contributed by atoms with Gasteiger partial charge in [-0.05, 0) is 0 Å². The maximum atomic E-state index is 12.8. The summed E-state index contributed by atoms with van der Waals surface area (Å²) in [5.41, 5.74) is -2.59. The molecule has 0 spiro atoms. The van der Waals surface area contributed by atoms with Crippen LogP contribution in [0.2, 0.25) is 0 Å². The van der Waals surface area contributed by atoms with Crippen LogP contribution in [0, 0.1) is 0 Å². The van der Waals surface area contributed by atoms with Crippen LogP contribution >= 0.6 is 0 Å². The van der Waals surface area contributed by atoms with E-state index in [0.29, 0.717) is 0 Å². The van der Waals surface area contributed by atoms with Crippen molar-refractivity contribution in [1.82, 2.24) is 10.2 Å². The van der Waals surface area contributed by atoms with E-state index in [1.807, 2.05) is 0 Å². The number of halogens is 6. The molecule has 6 nitrogen and oxygen atoms in total. The summed E-state index contributed by atoms with van der Waals surface area (Å²) in [5, 5.41) is 6.26. The molecule has 12 heteroatoms. The first kappa shape index (κ1) is 16.4. The van der Waals surface area contributed by atoms with Crippen LogP contribution in [0.25, 0.3) is 0 Å². The van der Waals surface area contributed by atoms with E-state index < -0.39 is 35.5 Å². The van der Waals surface area contributed by atoms with E-state index in [0.717, 1.165) is 0 Å². The predicted octanol–water partition coefficient (Wildman–Crippen LogP) is 1.77. The lowest BCUT2D eigenvalue weighted by Gasteiger charge is -2.27. The molecule has 124 valence electrons. The van der Waals surface area contributed by atoms with E-state index in [4.69, 9.17) is 4.74 Å². The second kappa shape index (κ2) is 5.66. The highest BCUT2D eigenvalue weighted by atomic mass is 19.4. The highest BCUT2D eigenvalue weighted by molar-refractivity contribution is 5.98. The van der Waals surface area contributed by atoms with Gasteiger partial charge in [-0.1, -0.05) is 0 Å². The van der Waals surface area contributed by atoms with Gasteiger partial charge in [0.05, 0.1) is 13.2 Å². The molecule has 1 aliphatic heterocycles. The molecule has 0 radical (unpaired) electrons. The number of rotatable bonds is 2. The average Bonchev–Trinajstić information content (AvgIpc) is 2.82. The Bertz CT molecular complexity index is 547. The Morgan fingerprint density at radius 3 is 2.27 bits per heavy atom. The Kier molecular flexibility index (Phi) is 4.22. The van der Waals surface area contributed by atoms with Crippen molar-refractivity contribution in [3.63, 3.8) is 0 Å². The van der Waals surface area contributed by atoms with E-state index in [1.54, 1.807) is 5.10 Å². The summed E-state index contributed by atoms with van der Waals surface area (Å²) in [5.74, 6) is -2.91. The Hall–Kier alpha value is -1.98. The van der Waals surface area contributed by atoms with Gasteiger partial charge in [0.15, 0.2) is 11.5 Å². The number of alkyl halides is 6. The van der Waals surface area contributed by atoms with Crippen LogP contribution in [0.4, 0.5) is 37.8 Å². The minimum atomic E-state index is -5.32. The molecular formula is C10H10F6N4O2. The molecule has 1 aliphatic rings. The minimum absolute atomic E-state index is 0.136. The highest BCUT2D eigenvalue weighted by Crippen LogP contribution is 2.39. The molecule has 1 aromatic heterocycles. The molecule has 0 bridgehead atoms. The van der Waals surface area contributed by atoms with Gasteiger partial charge in [-0.15, -0.1) is 0 Å². The van der Waals surface area contributed by atoms with Gasteiger partial charge in [-0.2, -0.15) is 31.4 Å². The van der Waals surface area contributed by atoms with E-state index in [9.17, 15) is 31.1 Å². The van der Waals surface area contributed by atoms with E-state index >= 15 is 0 Å². The lowest BCUT2D eigenvalue weighted by molar-refractivity contribution is -0.167. The normalized spacial score (nSPS) is 16.7. The summed E-state index contributed by atoms with van der Waals surface area (Å²) < 4.78 is 80.3. The van der Waals surface area contributed by atoms with Gasteiger partial charge in [-0.25, -0.2) is 0 Å². The van der Waals surface area contributed by atoms with Gasteiger partial charge in [0, 0.05) is 13.1 Å². The lowest BCUT2D eigenvalue weighted by atomic mass is 10.3. The SMILES string of the molecule is O=C(Nc1c(N2CCOCC2)n[nH]c1C(F)(F)F)C(F)(F)F. The van der Waals surface area contributed by atoms with Crippen LogP contribution in [-0.2, 0) is 15.7 Å². The van der Waals surface area contributed by atoms with Crippen LogP contribution in [0.15, 0.2) is 0 Å². The number of aromatic nitrogens is 2. The van der Waals surface area contributed by atoms with E-state index in [2.05, 4.69) is 5.10 Å². The smallest absolute Gasteiger partial charge is 0.378 e. The molecule has 2 rings (SSSR count). The van der Waals surface area contributed by atoms with Crippen LogP contribution in [0.5, 0.6) is 0 Å². The largest absolute Gasteiger partial charge is 0.471 e. The number of H-pyrrole nitrogens is 1. The second-order valence-electron chi connectivity index (χ2n) is 4.35. The number of hydrogen-bond acceptors (Lipinski definition) is 4. The number of nitrogens with zero attached hydrogens (tertiary/aromatic N) is 2.